The lowest BCUT2D eigenvalue weighted by Crippen LogP contribution is -2.30. The molecule has 2 N–H and O–H groups in total. The Kier molecular flexibility index (Phi) is 7.05. The third-order valence-electron chi connectivity index (χ3n) is 2.88. The Morgan fingerprint density at radius 2 is 2.10 bits per heavy atom. The maximum atomic E-state index is 13.6. The second-order valence-electron chi connectivity index (χ2n) is 5.33. The summed E-state index contributed by atoms with van der Waals surface area (Å²) in [4.78, 5) is 2.46. The summed E-state index contributed by atoms with van der Waals surface area (Å²) in [6.45, 7) is 7.38. The molecule has 0 amide bonds. The van der Waals surface area contributed by atoms with Gasteiger partial charge in [0.25, 0.3) is 0 Å². The number of ether oxygens (including phenoxy) is 1. The number of thiocarbonyl (C=S) groups is 1. The highest BCUT2D eigenvalue weighted by Crippen LogP contribution is 2.13. The van der Waals surface area contributed by atoms with Crippen LogP contribution >= 0.6 is 12.2 Å². The van der Waals surface area contributed by atoms with E-state index in [9.17, 15) is 4.39 Å². The monoisotopic (exact) mass is 298 g/mol. The maximum absolute atomic E-state index is 13.6. The van der Waals surface area contributed by atoms with Gasteiger partial charge in [0.1, 0.15) is 10.8 Å². The number of methoxy groups -OCH3 is 1. The van der Waals surface area contributed by atoms with Crippen LogP contribution in [0.5, 0.6) is 0 Å². The molecule has 0 saturated carbocycles. The second-order valence-corrected chi connectivity index (χ2v) is 5.77. The van der Waals surface area contributed by atoms with Gasteiger partial charge < -0.3 is 10.5 Å². The highest BCUT2D eigenvalue weighted by Gasteiger charge is 2.10. The number of halogens is 1. The second kappa shape index (κ2) is 8.29. The van der Waals surface area contributed by atoms with Crippen molar-refractivity contribution in [3.05, 3.63) is 35.1 Å². The first kappa shape index (κ1) is 17.0. The van der Waals surface area contributed by atoms with E-state index in [0.29, 0.717) is 24.6 Å². The molecule has 5 heteroatoms. The number of rotatable bonds is 8. The van der Waals surface area contributed by atoms with Gasteiger partial charge in [-0.1, -0.05) is 26.1 Å². The van der Waals surface area contributed by atoms with Crippen molar-refractivity contribution in [3.8, 4) is 0 Å². The van der Waals surface area contributed by atoms with Gasteiger partial charge in [0, 0.05) is 32.3 Å². The van der Waals surface area contributed by atoms with Crippen molar-refractivity contribution in [1.29, 1.82) is 0 Å². The molecule has 3 nitrogen and oxygen atoms in total. The van der Waals surface area contributed by atoms with Gasteiger partial charge in [0.15, 0.2) is 0 Å². The molecule has 1 aromatic rings. The van der Waals surface area contributed by atoms with Crippen LogP contribution in [0.3, 0.4) is 0 Å². The van der Waals surface area contributed by atoms with Gasteiger partial charge in [-0.05, 0) is 29.7 Å². The average molecular weight is 298 g/mol. The van der Waals surface area contributed by atoms with Crippen LogP contribution in [-0.4, -0.2) is 36.7 Å². The van der Waals surface area contributed by atoms with Crippen LogP contribution in [0.2, 0.25) is 0 Å². The molecule has 0 atom stereocenters. The van der Waals surface area contributed by atoms with Crippen molar-refractivity contribution in [3.63, 3.8) is 0 Å². The van der Waals surface area contributed by atoms with Gasteiger partial charge >= 0.3 is 0 Å². The van der Waals surface area contributed by atoms with Gasteiger partial charge in [0.2, 0.25) is 0 Å². The van der Waals surface area contributed by atoms with Crippen LogP contribution in [0.1, 0.15) is 25.0 Å². The van der Waals surface area contributed by atoms with Gasteiger partial charge in [-0.15, -0.1) is 0 Å². The van der Waals surface area contributed by atoms with Crippen LogP contribution < -0.4 is 5.73 Å². The molecular weight excluding hydrogens is 275 g/mol. The molecule has 0 spiro atoms. The Labute approximate surface area is 125 Å². The van der Waals surface area contributed by atoms with E-state index in [0.717, 1.165) is 18.7 Å². The highest BCUT2D eigenvalue weighted by atomic mass is 32.1. The van der Waals surface area contributed by atoms with Crippen molar-refractivity contribution >= 4 is 17.2 Å². The molecule has 0 aliphatic carbocycles. The predicted octanol–water partition coefficient (Wildman–Crippen LogP) is 2.56. The molecule has 0 heterocycles. The van der Waals surface area contributed by atoms with E-state index in [-0.39, 0.29) is 10.8 Å². The zero-order valence-electron chi connectivity index (χ0n) is 12.4. The smallest absolute Gasteiger partial charge is 0.124 e. The highest BCUT2D eigenvalue weighted by molar-refractivity contribution is 7.80. The zero-order chi connectivity index (χ0) is 15.1. The van der Waals surface area contributed by atoms with E-state index in [2.05, 4.69) is 18.7 Å². The van der Waals surface area contributed by atoms with Crippen LogP contribution in [0.25, 0.3) is 0 Å². The number of benzene rings is 1. The summed E-state index contributed by atoms with van der Waals surface area (Å²) in [6, 6.07) is 4.75. The fourth-order valence-electron chi connectivity index (χ4n) is 2.11. The molecule has 20 heavy (non-hydrogen) atoms. The van der Waals surface area contributed by atoms with Crippen molar-refractivity contribution in [2.75, 3.05) is 26.8 Å². The number of hydrogen-bond acceptors (Lipinski definition) is 3. The van der Waals surface area contributed by atoms with E-state index in [1.807, 2.05) is 6.07 Å². The fraction of sp³-hybridized carbons (Fsp3) is 0.533. The summed E-state index contributed by atoms with van der Waals surface area (Å²) in [5.74, 6) is 0.233. The lowest BCUT2D eigenvalue weighted by molar-refractivity contribution is 0.136. The van der Waals surface area contributed by atoms with Crippen LogP contribution in [0, 0.1) is 11.7 Å². The summed E-state index contributed by atoms with van der Waals surface area (Å²) >= 11 is 4.91. The number of hydrogen-bond donors (Lipinski definition) is 1. The van der Waals surface area contributed by atoms with Crippen molar-refractivity contribution in [1.82, 2.24) is 4.90 Å². The Morgan fingerprint density at radius 3 is 2.65 bits per heavy atom. The lowest BCUT2D eigenvalue weighted by atomic mass is 10.1. The summed E-state index contributed by atoms with van der Waals surface area (Å²) in [5, 5.41) is 0. The Hall–Kier alpha value is -1.04. The number of nitrogens with zero attached hydrogens (tertiary/aromatic N) is 1. The quantitative estimate of drug-likeness (QED) is 0.749. The fourth-order valence-corrected chi connectivity index (χ4v) is 2.23. The van der Waals surface area contributed by atoms with Gasteiger partial charge in [-0.3, -0.25) is 4.90 Å². The van der Waals surface area contributed by atoms with E-state index >= 15 is 0 Å². The zero-order valence-corrected chi connectivity index (χ0v) is 13.2. The molecule has 0 unspecified atom stereocenters. The van der Waals surface area contributed by atoms with Crippen molar-refractivity contribution in [2.24, 2.45) is 11.7 Å². The summed E-state index contributed by atoms with van der Waals surface area (Å²) in [6.07, 6.45) is 0. The van der Waals surface area contributed by atoms with E-state index < -0.39 is 0 Å². The summed E-state index contributed by atoms with van der Waals surface area (Å²) in [7, 11) is 1.68. The van der Waals surface area contributed by atoms with Crippen molar-refractivity contribution in [2.45, 2.75) is 20.4 Å². The Balaban J connectivity index is 2.83. The standard InChI is InChI=1S/C15H23FN2OS/c1-11(2)9-18(4-5-19-3)10-12-6-13(15(17)20)8-14(16)7-12/h6-8,11H,4-5,9-10H2,1-3H3,(H2,17,20). The third-order valence-corrected chi connectivity index (χ3v) is 3.12. The molecule has 0 aromatic heterocycles. The molecule has 0 saturated heterocycles. The first-order chi connectivity index (χ1) is 9.42. The minimum Gasteiger partial charge on any atom is -0.389 e. The van der Waals surface area contributed by atoms with E-state index in [4.69, 9.17) is 22.7 Å². The molecule has 0 aliphatic rings. The molecule has 0 radical (unpaired) electrons. The van der Waals surface area contributed by atoms with E-state index in [1.54, 1.807) is 7.11 Å². The van der Waals surface area contributed by atoms with Crippen molar-refractivity contribution < 1.29 is 9.13 Å². The van der Waals surface area contributed by atoms with Gasteiger partial charge in [0.05, 0.1) is 6.61 Å². The van der Waals surface area contributed by atoms with Crippen LogP contribution in [-0.2, 0) is 11.3 Å². The van der Waals surface area contributed by atoms with Gasteiger partial charge in [-0.2, -0.15) is 0 Å². The predicted molar refractivity (Wildman–Crippen MR) is 84.3 cm³/mol. The Bertz CT molecular complexity index is 451. The van der Waals surface area contributed by atoms with Crippen LogP contribution in [0.4, 0.5) is 4.39 Å². The number of nitrogens with two attached hydrogens (primary N) is 1. The molecule has 1 rings (SSSR count). The lowest BCUT2D eigenvalue weighted by Gasteiger charge is -2.24. The summed E-state index contributed by atoms with van der Waals surface area (Å²) in [5.41, 5.74) is 7.03. The van der Waals surface area contributed by atoms with Gasteiger partial charge in [-0.25, -0.2) is 4.39 Å². The first-order valence-electron chi connectivity index (χ1n) is 6.73. The Morgan fingerprint density at radius 1 is 1.40 bits per heavy atom. The summed E-state index contributed by atoms with van der Waals surface area (Å²) < 4.78 is 18.7. The maximum Gasteiger partial charge on any atom is 0.124 e. The SMILES string of the molecule is COCCN(Cc1cc(F)cc(C(N)=S)c1)CC(C)C. The van der Waals surface area contributed by atoms with Crippen LogP contribution in [0.15, 0.2) is 18.2 Å². The van der Waals surface area contributed by atoms with E-state index in [1.165, 1.54) is 12.1 Å². The molecule has 112 valence electrons. The molecule has 1 aromatic carbocycles. The first-order valence-corrected chi connectivity index (χ1v) is 7.13. The third kappa shape index (κ3) is 5.94. The average Bonchev–Trinajstić information content (AvgIpc) is 2.34. The molecule has 0 bridgehead atoms. The largest absolute Gasteiger partial charge is 0.389 e. The topological polar surface area (TPSA) is 38.5 Å². The minimum atomic E-state index is -0.304. The molecule has 0 fully saturated rings. The molecule has 0 aliphatic heterocycles. The minimum absolute atomic E-state index is 0.220. The normalized spacial score (nSPS) is 11.3. The molecular formula is C15H23FN2OS.